The molecule has 2 fully saturated rings. The third-order valence-corrected chi connectivity index (χ3v) is 5.22. The molecule has 7 nitrogen and oxygen atoms in total. The number of carbonyl (C=O) groups excluding carboxylic acids is 3. The average molecular weight is 394 g/mol. The number of allylic oxidation sites excluding steroid dienone is 1. The molecule has 7 heteroatoms. The van der Waals surface area contributed by atoms with Gasteiger partial charge < -0.3 is 20.3 Å². The third kappa shape index (κ3) is 8.31. The number of piperidine rings is 1. The smallest absolute Gasteiger partial charge is 0.408 e. The molecule has 1 aliphatic heterocycles. The van der Waals surface area contributed by atoms with E-state index in [1.165, 1.54) is 25.7 Å². The third-order valence-electron chi connectivity index (χ3n) is 5.22. The van der Waals surface area contributed by atoms with E-state index in [1.54, 1.807) is 26.8 Å². The Morgan fingerprint density at radius 1 is 1.04 bits per heavy atom. The van der Waals surface area contributed by atoms with Crippen LogP contribution >= 0.6 is 0 Å². The molecule has 28 heavy (non-hydrogen) atoms. The van der Waals surface area contributed by atoms with Gasteiger partial charge in [0.25, 0.3) is 0 Å². The Bertz CT molecular complexity index is 569. The molecule has 0 spiro atoms. The van der Waals surface area contributed by atoms with E-state index in [1.807, 2.05) is 4.90 Å². The second-order valence-corrected chi connectivity index (χ2v) is 8.83. The number of ether oxygens (including phenoxy) is 1. The van der Waals surface area contributed by atoms with E-state index in [-0.39, 0.29) is 18.4 Å². The maximum Gasteiger partial charge on any atom is 0.408 e. The Kier molecular flexibility index (Phi) is 8.33. The minimum Gasteiger partial charge on any atom is -0.444 e. The largest absolute Gasteiger partial charge is 0.444 e. The van der Waals surface area contributed by atoms with E-state index < -0.39 is 11.7 Å². The van der Waals surface area contributed by atoms with Crippen molar-refractivity contribution in [2.24, 2.45) is 11.8 Å². The fraction of sp³-hybridized carbons (Fsp3) is 0.762. The molecule has 0 aromatic heterocycles. The summed E-state index contributed by atoms with van der Waals surface area (Å²) in [5, 5.41) is 5.30. The molecule has 1 heterocycles. The summed E-state index contributed by atoms with van der Waals surface area (Å²) in [6, 6.07) is 0. The summed E-state index contributed by atoms with van der Waals surface area (Å²) in [5.74, 6) is 0.805. The second kappa shape index (κ2) is 10.5. The van der Waals surface area contributed by atoms with Crippen LogP contribution < -0.4 is 10.6 Å². The topological polar surface area (TPSA) is 87.7 Å². The molecule has 0 radical (unpaired) electrons. The first-order valence-electron chi connectivity index (χ1n) is 10.4. The Morgan fingerprint density at radius 3 is 2.29 bits per heavy atom. The molecule has 1 saturated heterocycles. The summed E-state index contributed by atoms with van der Waals surface area (Å²) in [6.45, 7) is 7.24. The molecule has 158 valence electrons. The van der Waals surface area contributed by atoms with Gasteiger partial charge in [-0.25, -0.2) is 4.79 Å². The summed E-state index contributed by atoms with van der Waals surface area (Å²) < 4.78 is 5.10. The van der Waals surface area contributed by atoms with Crippen molar-refractivity contribution in [1.29, 1.82) is 0 Å². The number of hydrogen-bond acceptors (Lipinski definition) is 4. The zero-order valence-electron chi connectivity index (χ0n) is 17.5. The van der Waals surface area contributed by atoms with E-state index in [0.29, 0.717) is 18.4 Å². The van der Waals surface area contributed by atoms with E-state index in [9.17, 15) is 14.4 Å². The molecule has 2 N–H and O–H groups in total. The van der Waals surface area contributed by atoms with E-state index in [2.05, 4.69) is 16.7 Å². The molecular formula is C21H35N3O4. The van der Waals surface area contributed by atoms with Gasteiger partial charge >= 0.3 is 6.09 Å². The average Bonchev–Trinajstić information content (AvgIpc) is 3.15. The Balaban J connectivity index is 1.59. The molecule has 1 aliphatic carbocycles. The standard InChI is InChI=1S/C21H35N3O4/c1-21(2,3)28-20(27)23-15-18(25)22-14-17-10-12-24(13-11-17)19(26)9-8-16-6-4-5-7-16/h8-9,16-17H,4-7,10-15H2,1-3H3,(H,22,25)(H,23,27)/b9-8+. The van der Waals surface area contributed by atoms with Crippen molar-refractivity contribution < 1.29 is 19.1 Å². The van der Waals surface area contributed by atoms with Gasteiger partial charge in [-0.15, -0.1) is 0 Å². The lowest BCUT2D eigenvalue weighted by Gasteiger charge is -2.31. The highest BCUT2D eigenvalue weighted by molar-refractivity contribution is 5.87. The number of nitrogens with one attached hydrogen (secondary N) is 2. The molecular weight excluding hydrogens is 358 g/mol. The first-order valence-corrected chi connectivity index (χ1v) is 10.4. The molecule has 0 unspecified atom stereocenters. The second-order valence-electron chi connectivity index (χ2n) is 8.83. The minimum absolute atomic E-state index is 0.0990. The molecule has 0 aromatic carbocycles. The predicted molar refractivity (Wildman–Crippen MR) is 108 cm³/mol. The minimum atomic E-state index is -0.597. The fourth-order valence-corrected chi connectivity index (χ4v) is 3.62. The van der Waals surface area contributed by atoms with Gasteiger partial charge in [0, 0.05) is 19.6 Å². The van der Waals surface area contributed by atoms with Gasteiger partial charge in [0.15, 0.2) is 0 Å². The summed E-state index contributed by atoms with van der Waals surface area (Å²) in [5.41, 5.74) is -0.585. The van der Waals surface area contributed by atoms with Crippen LogP contribution in [0.2, 0.25) is 0 Å². The lowest BCUT2D eigenvalue weighted by atomic mass is 9.96. The van der Waals surface area contributed by atoms with Gasteiger partial charge in [-0.3, -0.25) is 9.59 Å². The van der Waals surface area contributed by atoms with E-state index in [0.717, 1.165) is 25.9 Å². The van der Waals surface area contributed by atoms with Crippen molar-refractivity contribution in [3.05, 3.63) is 12.2 Å². The van der Waals surface area contributed by atoms with Crippen molar-refractivity contribution in [1.82, 2.24) is 15.5 Å². The highest BCUT2D eigenvalue weighted by atomic mass is 16.6. The summed E-state index contributed by atoms with van der Waals surface area (Å²) >= 11 is 0. The molecule has 3 amide bonds. The number of rotatable bonds is 6. The molecule has 0 atom stereocenters. The molecule has 0 aromatic rings. The summed E-state index contributed by atoms with van der Waals surface area (Å²) in [7, 11) is 0. The van der Waals surface area contributed by atoms with Crippen LogP contribution in [0, 0.1) is 11.8 Å². The zero-order chi connectivity index (χ0) is 20.6. The van der Waals surface area contributed by atoms with Crippen molar-refractivity contribution >= 4 is 17.9 Å². The summed E-state index contributed by atoms with van der Waals surface area (Å²) in [4.78, 5) is 37.6. The van der Waals surface area contributed by atoms with Crippen molar-refractivity contribution in [2.45, 2.75) is 64.9 Å². The number of amides is 3. The Labute approximate surface area is 168 Å². The molecule has 0 bridgehead atoms. The lowest BCUT2D eigenvalue weighted by Crippen LogP contribution is -2.43. The monoisotopic (exact) mass is 393 g/mol. The highest BCUT2D eigenvalue weighted by Crippen LogP contribution is 2.25. The maximum absolute atomic E-state index is 12.3. The van der Waals surface area contributed by atoms with Crippen LogP contribution in [0.4, 0.5) is 4.79 Å². The molecule has 2 aliphatic rings. The molecule has 1 saturated carbocycles. The quantitative estimate of drug-likeness (QED) is 0.679. The normalized spacial score (nSPS) is 19.0. The first kappa shape index (κ1) is 22.2. The van der Waals surface area contributed by atoms with Crippen molar-refractivity contribution in [3.8, 4) is 0 Å². The Morgan fingerprint density at radius 2 is 1.68 bits per heavy atom. The number of nitrogens with zero attached hydrogens (tertiary/aromatic N) is 1. The maximum atomic E-state index is 12.3. The highest BCUT2D eigenvalue weighted by Gasteiger charge is 2.23. The number of alkyl carbamates (subject to hydrolysis) is 1. The SMILES string of the molecule is CC(C)(C)OC(=O)NCC(=O)NCC1CCN(C(=O)/C=C/C2CCCC2)CC1. The van der Waals surface area contributed by atoms with Crippen LogP contribution in [-0.2, 0) is 14.3 Å². The fourth-order valence-electron chi connectivity index (χ4n) is 3.62. The number of likely N-dealkylation sites (tertiary alicyclic amines) is 1. The first-order chi connectivity index (χ1) is 13.2. The van der Waals surface area contributed by atoms with Crippen LogP contribution in [0.3, 0.4) is 0 Å². The van der Waals surface area contributed by atoms with Crippen LogP contribution in [0.1, 0.15) is 59.3 Å². The van der Waals surface area contributed by atoms with Gasteiger partial charge in [0.1, 0.15) is 5.60 Å². The lowest BCUT2D eigenvalue weighted by molar-refractivity contribution is -0.127. The van der Waals surface area contributed by atoms with Gasteiger partial charge in [0.05, 0.1) is 6.54 Å². The van der Waals surface area contributed by atoms with Crippen LogP contribution in [0.5, 0.6) is 0 Å². The van der Waals surface area contributed by atoms with Gasteiger partial charge in [0.2, 0.25) is 11.8 Å². The van der Waals surface area contributed by atoms with Crippen LogP contribution in [-0.4, -0.2) is 54.6 Å². The van der Waals surface area contributed by atoms with Crippen molar-refractivity contribution in [3.63, 3.8) is 0 Å². The van der Waals surface area contributed by atoms with Crippen molar-refractivity contribution in [2.75, 3.05) is 26.2 Å². The number of carbonyl (C=O) groups is 3. The van der Waals surface area contributed by atoms with Gasteiger partial charge in [-0.05, 0) is 64.4 Å². The summed E-state index contributed by atoms with van der Waals surface area (Å²) in [6.07, 6.45) is 9.94. The zero-order valence-corrected chi connectivity index (χ0v) is 17.5. The van der Waals surface area contributed by atoms with E-state index >= 15 is 0 Å². The molecule has 2 rings (SSSR count). The van der Waals surface area contributed by atoms with Gasteiger partial charge in [-0.1, -0.05) is 18.9 Å². The van der Waals surface area contributed by atoms with E-state index in [4.69, 9.17) is 4.74 Å². The number of hydrogen-bond donors (Lipinski definition) is 2. The van der Waals surface area contributed by atoms with Crippen LogP contribution in [0.15, 0.2) is 12.2 Å². The predicted octanol–water partition coefficient (Wildman–Crippen LogP) is 2.61. The Hall–Kier alpha value is -2.05. The van der Waals surface area contributed by atoms with Crippen LogP contribution in [0.25, 0.3) is 0 Å². The van der Waals surface area contributed by atoms with Gasteiger partial charge in [-0.2, -0.15) is 0 Å².